The molecule has 2 atom stereocenters. The van der Waals surface area contributed by atoms with Crippen LogP contribution in [-0.4, -0.2) is 12.1 Å². The third-order valence-corrected chi connectivity index (χ3v) is 3.62. The van der Waals surface area contributed by atoms with Crippen LogP contribution < -0.4 is 0 Å². The minimum Gasteiger partial charge on any atom is -0.462 e. The molecule has 0 unspecified atom stereocenters. The molecule has 1 fully saturated rings. The predicted octanol–water partition coefficient (Wildman–Crippen LogP) is 3.54. The lowest BCUT2D eigenvalue weighted by Crippen LogP contribution is -2.30. The van der Waals surface area contributed by atoms with Gasteiger partial charge in [0.15, 0.2) is 0 Å². The third kappa shape index (κ3) is 3.51. The van der Waals surface area contributed by atoms with Crippen molar-refractivity contribution in [3.63, 3.8) is 0 Å². The fourth-order valence-corrected chi connectivity index (χ4v) is 2.32. The maximum absolute atomic E-state index is 11.8. The molecular weight excluding hydrogens is 188 g/mol. The van der Waals surface area contributed by atoms with Crippen molar-refractivity contribution < 1.29 is 9.53 Å². The van der Waals surface area contributed by atoms with E-state index in [0.29, 0.717) is 5.92 Å². The summed E-state index contributed by atoms with van der Waals surface area (Å²) in [6.07, 6.45) is 6.76. The molecule has 1 rings (SSSR count). The second-order valence-corrected chi connectivity index (χ2v) is 4.75. The molecule has 0 spiro atoms. The highest BCUT2D eigenvalue weighted by atomic mass is 16.5. The van der Waals surface area contributed by atoms with Gasteiger partial charge in [0.25, 0.3) is 0 Å². The fourth-order valence-electron chi connectivity index (χ4n) is 2.32. The van der Waals surface area contributed by atoms with Gasteiger partial charge in [0.05, 0.1) is 5.92 Å². The van der Waals surface area contributed by atoms with Crippen molar-refractivity contribution in [2.75, 3.05) is 0 Å². The monoisotopic (exact) mass is 212 g/mol. The van der Waals surface area contributed by atoms with E-state index in [9.17, 15) is 4.79 Å². The van der Waals surface area contributed by atoms with Crippen LogP contribution in [0.5, 0.6) is 0 Å². The first-order chi connectivity index (χ1) is 7.19. The van der Waals surface area contributed by atoms with Crippen LogP contribution in [-0.2, 0) is 9.53 Å². The van der Waals surface area contributed by atoms with Crippen molar-refractivity contribution in [1.82, 2.24) is 0 Å². The van der Waals surface area contributed by atoms with Crippen LogP contribution in [0.4, 0.5) is 0 Å². The highest BCUT2D eigenvalue weighted by molar-refractivity contribution is 5.72. The van der Waals surface area contributed by atoms with E-state index in [4.69, 9.17) is 4.74 Å². The molecule has 0 radical (unpaired) electrons. The van der Waals surface area contributed by atoms with Crippen LogP contribution in [0.25, 0.3) is 0 Å². The number of rotatable bonds is 4. The van der Waals surface area contributed by atoms with Crippen molar-refractivity contribution >= 4 is 5.97 Å². The van der Waals surface area contributed by atoms with E-state index in [2.05, 4.69) is 20.8 Å². The summed E-state index contributed by atoms with van der Waals surface area (Å²) < 4.78 is 5.61. The van der Waals surface area contributed by atoms with Gasteiger partial charge in [0.1, 0.15) is 6.10 Å². The zero-order valence-electron chi connectivity index (χ0n) is 10.3. The molecule has 0 bridgehead atoms. The van der Waals surface area contributed by atoms with E-state index in [-0.39, 0.29) is 18.0 Å². The highest BCUT2D eigenvalue weighted by Crippen LogP contribution is 2.27. The molecule has 0 heterocycles. The van der Waals surface area contributed by atoms with Gasteiger partial charge in [-0.1, -0.05) is 27.2 Å². The van der Waals surface area contributed by atoms with E-state index >= 15 is 0 Å². The molecule has 2 nitrogen and oxygen atoms in total. The molecule has 0 N–H and O–H groups in total. The lowest BCUT2D eigenvalue weighted by molar-refractivity contribution is -0.158. The molecule has 0 aromatic carbocycles. The zero-order valence-corrected chi connectivity index (χ0v) is 10.3. The molecule has 0 aliphatic heterocycles. The minimum atomic E-state index is 0.0266. The SMILES string of the molecule is CCC(CC)C(=O)O[C@H]1CCCC[C@H]1C. The molecule has 1 aliphatic carbocycles. The van der Waals surface area contributed by atoms with E-state index < -0.39 is 0 Å². The summed E-state index contributed by atoms with van der Waals surface area (Å²) in [6.45, 7) is 6.31. The molecule has 1 aliphatic rings. The molecule has 88 valence electrons. The van der Waals surface area contributed by atoms with Crippen LogP contribution in [0, 0.1) is 11.8 Å². The summed E-state index contributed by atoms with van der Waals surface area (Å²) in [7, 11) is 0. The molecule has 0 aromatic heterocycles. The molecule has 1 saturated carbocycles. The molecular formula is C13H24O2. The summed E-state index contributed by atoms with van der Waals surface area (Å²) in [6, 6.07) is 0. The maximum atomic E-state index is 11.8. The van der Waals surface area contributed by atoms with Gasteiger partial charge in [-0.2, -0.15) is 0 Å². The summed E-state index contributed by atoms with van der Waals surface area (Å²) in [4.78, 5) is 11.8. The van der Waals surface area contributed by atoms with Gasteiger partial charge in [0.2, 0.25) is 0 Å². The summed E-state index contributed by atoms with van der Waals surface area (Å²) in [5, 5.41) is 0. The Morgan fingerprint density at radius 2 is 1.87 bits per heavy atom. The minimum absolute atomic E-state index is 0.0266. The Kier molecular flexibility index (Phi) is 5.13. The Hall–Kier alpha value is -0.530. The highest BCUT2D eigenvalue weighted by Gasteiger charge is 2.26. The number of carbonyl (C=O) groups excluding carboxylic acids is 1. The largest absolute Gasteiger partial charge is 0.462 e. The topological polar surface area (TPSA) is 26.3 Å². The zero-order chi connectivity index (χ0) is 11.3. The summed E-state index contributed by atoms with van der Waals surface area (Å²) >= 11 is 0. The van der Waals surface area contributed by atoms with E-state index in [1.807, 2.05) is 0 Å². The molecule has 2 heteroatoms. The van der Waals surface area contributed by atoms with Crippen molar-refractivity contribution in [3.8, 4) is 0 Å². The van der Waals surface area contributed by atoms with Crippen molar-refractivity contribution in [3.05, 3.63) is 0 Å². The van der Waals surface area contributed by atoms with Gasteiger partial charge in [-0.15, -0.1) is 0 Å². The average Bonchev–Trinajstić information content (AvgIpc) is 2.23. The van der Waals surface area contributed by atoms with Gasteiger partial charge >= 0.3 is 5.97 Å². The molecule has 0 aromatic rings. The van der Waals surface area contributed by atoms with Crippen molar-refractivity contribution in [1.29, 1.82) is 0 Å². The van der Waals surface area contributed by atoms with Gasteiger partial charge in [-0.3, -0.25) is 4.79 Å². The maximum Gasteiger partial charge on any atom is 0.309 e. The standard InChI is InChI=1S/C13H24O2/c1-4-11(5-2)13(14)15-12-9-7-6-8-10(12)3/h10-12H,4-9H2,1-3H3/t10-,12+/m1/s1. The van der Waals surface area contributed by atoms with Gasteiger partial charge in [-0.25, -0.2) is 0 Å². The first kappa shape index (κ1) is 12.5. The summed E-state index contributed by atoms with van der Waals surface area (Å²) in [5.41, 5.74) is 0. The normalized spacial score (nSPS) is 26.7. The predicted molar refractivity (Wildman–Crippen MR) is 61.6 cm³/mol. The van der Waals surface area contributed by atoms with E-state index in [1.165, 1.54) is 19.3 Å². The van der Waals surface area contributed by atoms with Gasteiger partial charge in [-0.05, 0) is 38.0 Å². The number of hydrogen-bond acceptors (Lipinski definition) is 2. The average molecular weight is 212 g/mol. The second kappa shape index (κ2) is 6.14. The lowest BCUT2D eigenvalue weighted by Gasteiger charge is -2.29. The van der Waals surface area contributed by atoms with Crippen molar-refractivity contribution in [2.24, 2.45) is 11.8 Å². The Balaban J connectivity index is 2.41. The lowest BCUT2D eigenvalue weighted by atomic mass is 9.88. The van der Waals surface area contributed by atoms with Gasteiger partial charge < -0.3 is 4.74 Å². The molecule has 15 heavy (non-hydrogen) atoms. The van der Waals surface area contributed by atoms with Crippen LogP contribution in [0.15, 0.2) is 0 Å². The quantitative estimate of drug-likeness (QED) is 0.666. The van der Waals surface area contributed by atoms with Crippen LogP contribution in [0.3, 0.4) is 0 Å². The van der Waals surface area contributed by atoms with E-state index in [1.54, 1.807) is 0 Å². The smallest absolute Gasteiger partial charge is 0.309 e. The Morgan fingerprint density at radius 3 is 2.40 bits per heavy atom. The number of ether oxygens (including phenoxy) is 1. The van der Waals surface area contributed by atoms with Crippen molar-refractivity contribution in [2.45, 2.75) is 65.4 Å². The Labute approximate surface area is 93.4 Å². The van der Waals surface area contributed by atoms with Crippen LogP contribution in [0.2, 0.25) is 0 Å². The van der Waals surface area contributed by atoms with Crippen LogP contribution in [0.1, 0.15) is 59.3 Å². The number of carbonyl (C=O) groups is 1. The number of esters is 1. The summed E-state index contributed by atoms with van der Waals surface area (Å²) in [5.74, 6) is 0.690. The van der Waals surface area contributed by atoms with Gasteiger partial charge in [0, 0.05) is 0 Å². The third-order valence-electron chi connectivity index (χ3n) is 3.62. The Bertz CT molecular complexity index is 197. The molecule has 0 amide bonds. The first-order valence-corrected chi connectivity index (χ1v) is 6.39. The van der Waals surface area contributed by atoms with E-state index in [0.717, 1.165) is 19.3 Å². The fraction of sp³-hybridized carbons (Fsp3) is 0.923. The number of hydrogen-bond donors (Lipinski definition) is 0. The van der Waals surface area contributed by atoms with Crippen LogP contribution >= 0.6 is 0 Å². The Morgan fingerprint density at radius 1 is 1.27 bits per heavy atom. The first-order valence-electron chi connectivity index (χ1n) is 6.39. The molecule has 0 saturated heterocycles. The second-order valence-electron chi connectivity index (χ2n) is 4.75.